The predicted molar refractivity (Wildman–Crippen MR) is 97.2 cm³/mol. The van der Waals surface area contributed by atoms with Crippen molar-refractivity contribution in [3.63, 3.8) is 0 Å². The monoisotopic (exact) mass is 429 g/mol. The number of rotatable bonds is 3. The topological polar surface area (TPSA) is 97.5 Å². The molecule has 3 rings (SSSR count). The maximum Gasteiger partial charge on any atom is 0.346 e. The van der Waals surface area contributed by atoms with Gasteiger partial charge in [-0.25, -0.2) is 18.4 Å². The molecule has 0 unspecified atom stereocenters. The van der Waals surface area contributed by atoms with E-state index in [0.29, 0.717) is 12.0 Å². The van der Waals surface area contributed by atoms with Crippen LogP contribution < -0.4 is 5.14 Å². The van der Waals surface area contributed by atoms with E-state index in [1.165, 1.54) is 17.4 Å². The van der Waals surface area contributed by atoms with Crippen LogP contribution in [0.15, 0.2) is 20.8 Å². The zero-order valence-corrected chi connectivity index (χ0v) is 16.1. The minimum Gasteiger partial charge on any atom is -0.477 e. The van der Waals surface area contributed by atoms with Crippen LogP contribution in [0.4, 0.5) is 0 Å². The number of primary sulfonamides is 1. The lowest BCUT2D eigenvalue weighted by Crippen LogP contribution is -2.18. The van der Waals surface area contributed by atoms with Crippen molar-refractivity contribution >= 4 is 43.3 Å². The van der Waals surface area contributed by atoms with Crippen LogP contribution in [0.1, 0.15) is 39.2 Å². The summed E-state index contributed by atoms with van der Waals surface area (Å²) in [5.74, 6) is -0.983. The fourth-order valence-electron chi connectivity index (χ4n) is 3.30. The smallest absolute Gasteiger partial charge is 0.346 e. The first-order valence-corrected chi connectivity index (χ1v) is 10.6. The molecule has 1 aliphatic carbocycles. The van der Waals surface area contributed by atoms with E-state index in [2.05, 4.69) is 15.9 Å². The van der Waals surface area contributed by atoms with Crippen molar-refractivity contribution in [3.8, 4) is 11.1 Å². The molecule has 0 aliphatic heterocycles. The van der Waals surface area contributed by atoms with E-state index in [4.69, 9.17) is 5.14 Å². The van der Waals surface area contributed by atoms with Gasteiger partial charge in [0.1, 0.15) is 4.88 Å². The summed E-state index contributed by atoms with van der Waals surface area (Å²) >= 11 is 4.59. The number of aromatic carboxylic acids is 1. The number of fused-ring (bicyclic) bond motifs is 1. The number of halogens is 1. The molecule has 5 nitrogen and oxygen atoms in total. The summed E-state index contributed by atoms with van der Waals surface area (Å²) in [7, 11) is -3.80. The second-order valence-electron chi connectivity index (χ2n) is 5.83. The summed E-state index contributed by atoms with van der Waals surface area (Å²) in [6.07, 6.45) is 3.21. The zero-order valence-electron chi connectivity index (χ0n) is 12.9. The Bertz CT molecular complexity index is 947. The van der Waals surface area contributed by atoms with Crippen LogP contribution in [0.25, 0.3) is 11.1 Å². The molecule has 1 aromatic carbocycles. The molecule has 0 saturated carbocycles. The first-order valence-electron chi connectivity index (χ1n) is 7.42. The van der Waals surface area contributed by atoms with Gasteiger partial charge < -0.3 is 5.11 Å². The van der Waals surface area contributed by atoms with Crippen LogP contribution in [-0.2, 0) is 22.9 Å². The molecule has 1 aliphatic rings. The van der Waals surface area contributed by atoms with Crippen LogP contribution in [0.5, 0.6) is 0 Å². The average molecular weight is 430 g/mol. The highest BCUT2D eigenvalue weighted by molar-refractivity contribution is 9.11. The molecule has 8 heteroatoms. The highest BCUT2D eigenvalue weighted by Gasteiger charge is 2.27. The highest BCUT2D eigenvalue weighted by Crippen LogP contribution is 2.43. The number of sulfonamides is 1. The third kappa shape index (κ3) is 2.92. The molecule has 1 heterocycles. The minimum absolute atomic E-state index is 0.157. The number of thiophene rings is 1. The Labute approximate surface area is 152 Å². The Morgan fingerprint density at radius 3 is 2.46 bits per heavy atom. The molecule has 0 saturated heterocycles. The maximum absolute atomic E-state index is 11.9. The van der Waals surface area contributed by atoms with E-state index in [0.717, 1.165) is 45.3 Å². The summed E-state index contributed by atoms with van der Waals surface area (Å²) in [6, 6.07) is 3.20. The summed E-state index contributed by atoms with van der Waals surface area (Å²) in [6.45, 7) is 1.87. The molecule has 24 heavy (non-hydrogen) atoms. The Balaban J connectivity index is 2.34. The fourth-order valence-corrected chi connectivity index (χ4v) is 5.69. The molecular weight excluding hydrogens is 414 g/mol. The van der Waals surface area contributed by atoms with Crippen molar-refractivity contribution in [1.82, 2.24) is 0 Å². The second-order valence-corrected chi connectivity index (χ2v) is 9.70. The van der Waals surface area contributed by atoms with Gasteiger partial charge in [0.15, 0.2) is 0 Å². The number of hydrogen-bond donors (Lipinski definition) is 2. The van der Waals surface area contributed by atoms with Gasteiger partial charge in [0.05, 0.1) is 8.68 Å². The fraction of sp³-hybridized carbons (Fsp3) is 0.312. The SMILES string of the molecule is Cc1c(Br)sc(C(=O)O)c1-c1ccc(S(N)(=O)=O)c2c1CCCC2. The van der Waals surface area contributed by atoms with Gasteiger partial charge in [-0.3, -0.25) is 0 Å². The van der Waals surface area contributed by atoms with Gasteiger partial charge in [0.2, 0.25) is 10.0 Å². The predicted octanol–water partition coefficient (Wildman–Crippen LogP) is 3.71. The van der Waals surface area contributed by atoms with Gasteiger partial charge in [-0.1, -0.05) is 6.07 Å². The molecule has 0 spiro atoms. The maximum atomic E-state index is 11.9. The van der Waals surface area contributed by atoms with Gasteiger partial charge >= 0.3 is 5.97 Å². The Hall–Kier alpha value is -1.22. The standard InChI is InChI=1S/C16H16BrNO4S2/c1-8-13(14(16(19)20)23-15(8)17)11-6-7-12(24(18,21)22)10-5-3-2-4-9(10)11/h6-7H,2-5H2,1H3,(H,19,20)(H2,18,21,22). The first-order chi connectivity index (χ1) is 11.2. The molecule has 0 amide bonds. The van der Waals surface area contributed by atoms with Crippen molar-refractivity contribution in [1.29, 1.82) is 0 Å². The molecular formula is C16H16BrNO4S2. The van der Waals surface area contributed by atoms with Crippen LogP contribution >= 0.6 is 27.3 Å². The third-order valence-electron chi connectivity index (χ3n) is 4.35. The summed E-state index contributed by atoms with van der Waals surface area (Å²) < 4.78 is 24.5. The quantitative estimate of drug-likeness (QED) is 0.776. The molecule has 2 aromatic rings. The Morgan fingerprint density at radius 1 is 1.25 bits per heavy atom. The van der Waals surface area contributed by atoms with Crippen molar-refractivity contribution in [2.45, 2.75) is 37.5 Å². The molecule has 128 valence electrons. The third-order valence-corrected chi connectivity index (χ3v) is 7.49. The van der Waals surface area contributed by atoms with E-state index in [9.17, 15) is 18.3 Å². The lowest BCUT2D eigenvalue weighted by molar-refractivity contribution is 0.0703. The van der Waals surface area contributed by atoms with Crippen molar-refractivity contribution in [3.05, 3.63) is 37.5 Å². The van der Waals surface area contributed by atoms with Crippen LogP contribution in [0, 0.1) is 6.92 Å². The van der Waals surface area contributed by atoms with E-state index >= 15 is 0 Å². The Morgan fingerprint density at radius 2 is 1.88 bits per heavy atom. The lowest BCUT2D eigenvalue weighted by atomic mass is 9.85. The summed E-state index contributed by atoms with van der Waals surface area (Å²) in [5, 5.41) is 14.9. The van der Waals surface area contributed by atoms with Crippen molar-refractivity contribution in [2.75, 3.05) is 0 Å². The second kappa shape index (κ2) is 6.25. The summed E-state index contributed by atoms with van der Waals surface area (Å²) in [4.78, 5) is 12.0. The number of carbonyl (C=O) groups is 1. The molecule has 1 aromatic heterocycles. The van der Waals surface area contributed by atoms with E-state index < -0.39 is 16.0 Å². The number of nitrogens with two attached hydrogens (primary N) is 1. The average Bonchev–Trinajstić information content (AvgIpc) is 2.81. The molecule has 0 radical (unpaired) electrons. The van der Waals surface area contributed by atoms with Gasteiger partial charge in [-0.15, -0.1) is 11.3 Å². The number of benzene rings is 1. The van der Waals surface area contributed by atoms with Gasteiger partial charge in [-0.2, -0.15) is 0 Å². The lowest BCUT2D eigenvalue weighted by Gasteiger charge is -2.22. The highest BCUT2D eigenvalue weighted by atomic mass is 79.9. The van der Waals surface area contributed by atoms with Crippen LogP contribution in [0.2, 0.25) is 0 Å². The van der Waals surface area contributed by atoms with E-state index in [-0.39, 0.29) is 9.77 Å². The van der Waals surface area contributed by atoms with Crippen LogP contribution in [0.3, 0.4) is 0 Å². The normalized spacial score (nSPS) is 14.5. The molecule has 0 fully saturated rings. The molecule has 0 atom stereocenters. The van der Waals surface area contributed by atoms with Gasteiger partial charge in [0, 0.05) is 5.56 Å². The Kier molecular flexibility index (Phi) is 4.59. The molecule has 0 bridgehead atoms. The van der Waals surface area contributed by atoms with Crippen LogP contribution in [-0.4, -0.2) is 19.5 Å². The minimum atomic E-state index is -3.80. The van der Waals surface area contributed by atoms with Gasteiger partial charge in [-0.05, 0) is 76.9 Å². The first kappa shape index (κ1) is 17.6. The number of hydrogen-bond acceptors (Lipinski definition) is 4. The largest absolute Gasteiger partial charge is 0.477 e. The number of carboxylic acids is 1. The van der Waals surface area contributed by atoms with Gasteiger partial charge in [0.25, 0.3) is 0 Å². The molecule has 3 N–H and O–H groups in total. The van der Waals surface area contributed by atoms with Crippen molar-refractivity contribution in [2.24, 2.45) is 5.14 Å². The van der Waals surface area contributed by atoms with Crippen molar-refractivity contribution < 1.29 is 18.3 Å². The van der Waals surface area contributed by atoms with E-state index in [1.54, 1.807) is 6.07 Å². The van der Waals surface area contributed by atoms with E-state index in [1.807, 2.05) is 6.92 Å². The summed E-state index contributed by atoms with van der Waals surface area (Å²) in [5.41, 5.74) is 3.96. The zero-order chi connectivity index (χ0) is 17.6. The number of carboxylic acid groups (broad SMARTS) is 1.